The summed E-state index contributed by atoms with van der Waals surface area (Å²) in [6.45, 7) is 3.51. The van der Waals surface area contributed by atoms with Gasteiger partial charge in [0, 0.05) is 53.0 Å². The average molecular weight is 355 g/mol. The lowest BCUT2D eigenvalue weighted by Gasteiger charge is -2.26. The first-order chi connectivity index (χ1) is 13.2. The quantitative estimate of drug-likeness (QED) is 0.529. The van der Waals surface area contributed by atoms with E-state index in [1.165, 1.54) is 27.6 Å². The Bertz CT molecular complexity index is 1190. The van der Waals surface area contributed by atoms with Crippen LogP contribution in [0.25, 0.3) is 27.4 Å². The van der Waals surface area contributed by atoms with Crippen molar-refractivity contribution in [1.82, 2.24) is 14.9 Å². The molecule has 0 aliphatic carbocycles. The van der Waals surface area contributed by atoms with Crippen LogP contribution in [0.4, 0.5) is 0 Å². The Morgan fingerprint density at radius 1 is 1.11 bits per heavy atom. The maximum Gasteiger partial charge on any atom is 0.254 e. The lowest BCUT2D eigenvalue weighted by atomic mass is 9.98. The molecule has 0 radical (unpaired) electrons. The number of nitrogens with one attached hydrogen (secondary N) is 2. The van der Waals surface area contributed by atoms with Crippen molar-refractivity contribution >= 4 is 33.3 Å². The van der Waals surface area contributed by atoms with Crippen molar-refractivity contribution in [2.45, 2.75) is 13.3 Å². The largest absolute Gasteiger partial charge is 0.361 e. The van der Waals surface area contributed by atoms with Gasteiger partial charge in [-0.3, -0.25) is 4.79 Å². The molecule has 0 saturated carbocycles. The molecule has 2 N–H and O–H groups in total. The molecule has 5 rings (SSSR count). The Kier molecular flexibility index (Phi) is 3.64. The molecule has 1 aliphatic rings. The van der Waals surface area contributed by atoms with Crippen LogP contribution in [0.15, 0.2) is 60.9 Å². The molecule has 1 amide bonds. The molecule has 0 saturated heterocycles. The number of carbonyl (C=O) groups is 1. The van der Waals surface area contributed by atoms with E-state index in [1.807, 2.05) is 35.4 Å². The van der Waals surface area contributed by atoms with Crippen molar-refractivity contribution in [3.8, 4) is 0 Å². The third kappa shape index (κ3) is 2.65. The molecule has 0 unspecified atom stereocenters. The second kappa shape index (κ2) is 6.16. The number of para-hydroxylation sites is 1. The monoisotopic (exact) mass is 355 g/mol. The van der Waals surface area contributed by atoms with Crippen LogP contribution >= 0.6 is 0 Å². The summed E-state index contributed by atoms with van der Waals surface area (Å²) in [6, 6.07) is 14.3. The van der Waals surface area contributed by atoms with E-state index >= 15 is 0 Å². The van der Waals surface area contributed by atoms with Gasteiger partial charge >= 0.3 is 0 Å². The van der Waals surface area contributed by atoms with E-state index in [9.17, 15) is 4.79 Å². The number of H-pyrrole nitrogens is 2. The molecular formula is C23H21N3O. The Balaban J connectivity index is 1.40. The van der Waals surface area contributed by atoms with Crippen LogP contribution in [0.5, 0.6) is 0 Å². The lowest BCUT2D eigenvalue weighted by Crippen LogP contribution is -2.34. The van der Waals surface area contributed by atoms with E-state index in [2.05, 4.69) is 47.4 Å². The predicted octanol–water partition coefficient (Wildman–Crippen LogP) is 4.89. The first kappa shape index (κ1) is 15.9. The fraction of sp³-hybridized carbons (Fsp3) is 0.174. The number of hydrogen-bond acceptors (Lipinski definition) is 1. The molecule has 0 fully saturated rings. The highest BCUT2D eigenvalue weighted by atomic mass is 16.2. The van der Waals surface area contributed by atoms with Crippen LogP contribution in [0.1, 0.15) is 27.9 Å². The van der Waals surface area contributed by atoms with Crippen molar-refractivity contribution in [2.24, 2.45) is 0 Å². The van der Waals surface area contributed by atoms with E-state index < -0.39 is 0 Å². The van der Waals surface area contributed by atoms with Crippen LogP contribution < -0.4 is 0 Å². The number of aryl methyl sites for hydroxylation is 1. The number of hydrogen-bond donors (Lipinski definition) is 2. The summed E-state index contributed by atoms with van der Waals surface area (Å²) < 4.78 is 0. The third-order valence-corrected chi connectivity index (χ3v) is 5.57. The summed E-state index contributed by atoms with van der Waals surface area (Å²) in [5, 5.41) is 2.39. The Labute approximate surface area is 157 Å². The molecule has 2 aromatic heterocycles. The molecule has 0 bridgehead atoms. The van der Waals surface area contributed by atoms with E-state index in [1.54, 1.807) is 0 Å². The van der Waals surface area contributed by atoms with E-state index in [-0.39, 0.29) is 5.91 Å². The molecule has 4 nitrogen and oxygen atoms in total. The van der Waals surface area contributed by atoms with Gasteiger partial charge in [-0.25, -0.2) is 0 Å². The van der Waals surface area contributed by atoms with Crippen LogP contribution in [-0.4, -0.2) is 33.9 Å². The molecule has 4 aromatic rings. The Morgan fingerprint density at radius 2 is 2.04 bits per heavy atom. The number of carbonyl (C=O) groups excluding carboxylic acids is 1. The number of aromatic amines is 2. The zero-order valence-corrected chi connectivity index (χ0v) is 15.3. The van der Waals surface area contributed by atoms with Gasteiger partial charge in [-0.2, -0.15) is 0 Å². The zero-order valence-electron chi connectivity index (χ0n) is 15.3. The molecular weight excluding hydrogens is 334 g/mol. The minimum Gasteiger partial charge on any atom is -0.361 e. The van der Waals surface area contributed by atoms with Gasteiger partial charge < -0.3 is 14.9 Å². The number of nitrogens with zero attached hydrogens (tertiary/aromatic N) is 1. The van der Waals surface area contributed by atoms with Crippen molar-refractivity contribution in [3.63, 3.8) is 0 Å². The van der Waals surface area contributed by atoms with Gasteiger partial charge in [-0.05, 0) is 48.1 Å². The van der Waals surface area contributed by atoms with Gasteiger partial charge in [0.25, 0.3) is 5.91 Å². The first-order valence-corrected chi connectivity index (χ1v) is 9.33. The highest BCUT2D eigenvalue weighted by Gasteiger charge is 2.21. The summed E-state index contributed by atoms with van der Waals surface area (Å²) in [6.07, 6.45) is 7.06. The van der Waals surface area contributed by atoms with Gasteiger partial charge in [0.1, 0.15) is 0 Å². The predicted molar refractivity (Wildman–Crippen MR) is 110 cm³/mol. The summed E-state index contributed by atoms with van der Waals surface area (Å²) >= 11 is 0. The minimum absolute atomic E-state index is 0.0940. The van der Waals surface area contributed by atoms with Gasteiger partial charge in [0.15, 0.2) is 0 Å². The fourth-order valence-corrected chi connectivity index (χ4v) is 4.03. The van der Waals surface area contributed by atoms with Crippen LogP contribution in [0, 0.1) is 6.92 Å². The van der Waals surface area contributed by atoms with E-state index in [0.717, 1.165) is 29.4 Å². The van der Waals surface area contributed by atoms with Crippen molar-refractivity contribution < 1.29 is 4.79 Å². The molecule has 4 heteroatoms. The average Bonchev–Trinajstić information content (AvgIpc) is 3.34. The number of aromatic nitrogens is 2. The van der Waals surface area contributed by atoms with Gasteiger partial charge in [-0.15, -0.1) is 0 Å². The maximum absolute atomic E-state index is 12.9. The van der Waals surface area contributed by atoms with Crippen molar-refractivity contribution in [2.75, 3.05) is 13.1 Å². The van der Waals surface area contributed by atoms with Crippen molar-refractivity contribution in [3.05, 3.63) is 77.6 Å². The topological polar surface area (TPSA) is 51.9 Å². The number of rotatable bonds is 2. The number of benzene rings is 2. The van der Waals surface area contributed by atoms with Gasteiger partial charge in [0.05, 0.1) is 0 Å². The lowest BCUT2D eigenvalue weighted by molar-refractivity contribution is 0.0773. The molecule has 1 aliphatic heterocycles. The van der Waals surface area contributed by atoms with Gasteiger partial charge in [0.2, 0.25) is 0 Å². The fourth-order valence-electron chi connectivity index (χ4n) is 4.03. The molecule has 0 atom stereocenters. The van der Waals surface area contributed by atoms with Gasteiger partial charge in [-0.1, -0.05) is 30.3 Å². The molecule has 2 aromatic carbocycles. The summed E-state index contributed by atoms with van der Waals surface area (Å²) in [5.41, 5.74) is 6.77. The standard InChI is InChI=1S/C23H21N3O/c1-15-3-2-4-19-20(14-25-22(15)19)16-8-11-26(12-9-16)23(27)18-6-5-17-7-10-24-21(17)13-18/h2-8,10,13-14,24-25H,9,11-12H2,1H3. The van der Waals surface area contributed by atoms with Crippen LogP contribution in [0.2, 0.25) is 0 Å². The normalized spacial score (nSPS) is 14.7. The zero-order chi connectivity index (χ0) is 18.4. The van der Waals surface area contributed by atoms with Crippen molar-refractivity contribution in [1.29, 1.82) is 0 Å². The summed E-state index contributed by atoms with van der Waals surface area (Å²) in [4.78, 5) is 21.4. The molecule has 3 heterocycles. The second-order valence-electron chi connectivity index (χ2n) is 7.21. The smallest absolute Gasteiger partial charge is 0.254 e. The summed E-state index contributed by atoms with van der Waals surface area (Å²) in [7, 11) is 0. The van der Waals surface area contributed by atoms with Crippen LogP contribution in [-0.2, 0) is 0 Å². The Hall–Kier alpha value is -3.27. The second-order valence-corrected chi connectivity index (χ2v) is 7.21. The maximum atomic E-state index is 12.9. The molecule has 134 valence electrons. The summed E-state index contributed by atoms with van der Waals surface area (Å²) in [5.74, 6) is 0.0940. The highest BCUT2D eigenvalue weighted by Crippen LogP contribution is 2.31. The number of amides is 1. The third-order valence-electron chi connectivity index (χ3n) is 5.57. The minimum atomic E-state index is 0.0940. The Morgan fingerprint density at radius 3 is 2.89 bits per heavy atom. The van der Waals surface area contributed by atoms with Crippen LogP contribution in [0.3, 0.4) is 0 Å². The first-order valence-electron chi connectivity index (χ1n) is 9.33. The van der Waals surface area contributed by atoms with E-state index in [0.29, 0.717) is 6.54 Å². The molecule has 0 spiro atoms. The van der Waals surface area contributed by atoms with E-state index in [4.69, 9.17) is 0 Å². The molecule has 27 heavy (non-hydrogen) atoms. The number of fused-ring (bicyclic) bond motifs is 2. The SMILES string of the molecule is Cc1cccc2c(C3=CCN(C(=O)c4ccc5cc[nH]c5c4)CC3)c[nH]c12. The highest BCUT2D eigenvalue weighted by molar-refractivity contribution is 5.99.